The molecule has 1 aromatic heterocycles. The van der Waals surface area contributed by atoms with Gasteiger partial charge in [-0.25, -0.2) is 13.8 Å². The van der Waals surface area contributed by atoms with E-state index in [1.54, 1.807) is 6.07 Å². The first-order valence-corrected chi connectivity index (χ1v) is 9.39. The Hall–Kier alpha value is -3.84. The monoisotopic (exact) mass is 427 g/mol. The number of nitrogens with two attached hydrogens (primary N) is 2. The molecule has 30 heavy (non-hydrogen) atoms. The van der Waals surface area contributed by atoms with Crippen LogP contribution in [0.4, 0.5) is 25.4 Å². The standard InChI is InChI=1S/C20H15F2N5O2S/c1-10(19(25)29)27(14-6-4-13(21)5-7-14)20-26-18(24)17(30-20)16(28)11-2-3-12(9-23)15(22)8-11/h2-8,10H,24H2,1H3,(H2,25,29)/t10-/m1/s1. The highest BCUT2D eigenvalue weighted by Crippen LogP contribution is 2.36. The van der Waals surface area contributed by atoms with E-state index in [0.29, 0.717) is 5.69 Å². The number of carbonyl (C=O) groups is 2. The Labute approximate surface area is 174 Å². The molecule has 1 amide bonds. The van der Waals surface area contributed by atoms with Crippen LogP contribution in [0.15, 0.2) is 42.5 Å². The van der Waals surface area contributed by atoms with Gasteiger partial charge in [0.1, 0.15) is 34.4 Å². The van der Waals surface area contributed by atoms with Crippen molar-refractivity contribution in [2.24, 2.45) is 5.73 Å². The predicted molar refractivity (Wildman–Crippen MR) is 108 cm³/mol. The second-order valence-electron chi connectivity index (χ2n) is 6.27. The van der Waals surface area contributed by atoms with E-state index in [-0.39, 0.29) is 27.0 Å². The molecular weight excluding hydrogens is 412 g/mol. The van der Waals surface area contributed by atoms with E-state index < -0.39 is 29.4 Å². The lowest BCUT2D eigenvalue weighted by molar-refractivity contribution is -0.118. The van der Waals surface area contributed by atoms with Gasteiger partial charge in [0.25, 0.3) is 0 Å². The number of ketones is 1. The predicted octanol–water partition coefficient (Wildman–Crippen LogP) is 3.12. The van der Waals surface area contributed by atoms with Crippen molar-refractivity contribution in [1.82, 2.24) is 4.98 Å². The number of nitrogen functional groups attached to an aromatic ring is 1. The third kappa shape index (κ3) is 3.97. The highest BCUT2D eigenvalue weighted by molar-refractivity contribution is 7.18. The first-order valence-electron chi connectivity index (χ1n) is 8.57. The van der Waals surface area contributed by atoms with E-state index in [2.05, 4.69) is 4.98 Å². The van der Waals surface area contributed by atoms with Gasteiger partial charge >= 0.3 is 0 Å². The Bertz CT molecular complexity index is 1170. The fourth-order valence-corrected chi connectivity index (χ4v) is 3.74. The highest BCUT2D eigenvalue weighted by Gasteiger charge is 2.27. The third-order valence-electron chi connectivity index (χ3n) is 4.31. The molecular formula is C20H15F2N5O2S. The number of anilines is 3. The van der Waals surface area contributed by atoms with E-state index in [1.807, 2.05) is 0 Å². The van der Waals surface area contributed by atoms with Gasteiger partial charge in [-0.3, -0.25) is 9.59 Å². The van der Waals surface area contributed by atoms with Gasteiger partial charge in [-0.05, 0) is 49.4 Å². The summed E-state index contributed by atoms with van der Waals surface area (Å²) in [6, 6.07) is 9.54. The van der Waals surface area contributed by atoms with Gasteiger partial charge in [-0.1, -0.05) is 11.3 Å². The topological polar surface area (TPSA) is 126 Å². The van der Waals surface area contributed by atoms with Crippen molar-refractivity contribution in [2.45, 2.75) is 13.0 Å². The van der Waals surface area contributed by atoms with Crippen molar-refractivity contribution < 1.29 is 18.4 Å². The molecule has 0 saturated carbocycles. The lowest BCUT2D eigenvalue weighted by Gasteiger charge is -2.26. The number of rotatable bonds is 6. The molecule has 0 spiro atoms. The van der Waals surface area contributed by atoms with E-state index in [4.69, 9.17) is 16.7 Å². The van der Waals surface area contributed by atoms with Crippen LogP contribution < -0.4 is 16.4 Å². The lowest BCUT2D eigenvalue weighted by Crippen LogP contribution is -2.39. The zero-order valence-electron chi connectivity index (χ0n) is 15.6. The zero-order valence-corrected chi connectivity index (χ0v) is 16.4. The van der Waals surface area contributed by atoms with Crippen LogP contribution in [-0.2, 0) is 4.79 Å². The molecule has 7 nitrogen and oxygen atoms in total. The average Bonchev–Trinajstić information content (AvgIpc) is 3.09. The van der Waals surface area contributed by atoms with Crippen LogP contribution in [-0.4, -0.2) is 22.7 Å². The van der Waals surface area contributed by atoms with Crippen LogP contribution in [0, 0.1) is 23.0 Å². The summed E-state index contributed by atoms with van der Waals surface area (Å²) in [5.74, 6) is -2.68. The molecule has 0 aliphatic heterocycles. The van der Waals surface area contributed by atoms with Crippen molar-refractivity contribution in [3.63, 3.8) is 0 Å². The number of hydrogen-bond acceptors (Lipinski definition) is 7. The summed E-state index contributed by atoms with van der Waals surface area (Å²) >= 11 is 0.882. The van der Waals surface area contributed by atoms with E-state index >= 15 is 0 Å². The van der Waals surface area contributed by atoms with Crippen molar-refractivity contribution in [3.05, 3.63) is 70.1 Å². The van der Waals surface area contributed by atoms with Crippen LogP contribution in [0.2, 0.25) is 0 Å². The molecule has 0 unspecified atom stereocenters. The van der Waals surface area contributed by atoms with Crippen LogP contribution in [0.25, 0.3) is 0 Å². The first-order chi connectivity index (χ1) is 14.2. The minimum Gasteiger partial charge on any atom is -0.382 e. The number of hydrogen-bond donors (Lipinski definition) is 2. The molecule has 0 radical (unpaired) electrons. The first kappa shape index (κ1) is 20.9. The maximum atomic E-state index is 13.9. The Balaban J connectivity index is 2.04. The lowest BCUT2D eigenvalue weighted by atomic mass is 10.1. The Morgan fingerprint density at radius 2 is 1.87 bits per heavy atom. The minimum absolute atomic E-state index is 0.00955. The summed E-state index contributed by atoms with van der Waals surface area (Å²) in [7, 11) is 0. The maximum Gasteiger partial charge on any atom is 0.240 e. The van der Waals surface area contributed by atoms with Gasteiger partial charge in [0, 0.05) is 11.3 Å². The molecule has 152 valence electrons. The molecule has 0 fully saturated rings. The van der Waals surface area contributed by atoms with Gasteiger partial charge in [-0.15, -0.1) is 0 Å². The number of nitrogens with zero attached hydrogens (tertiary/aromatic N) is 3. The molecule has 3 aromatic rings. The van der Waals surface area contributed by atoms with Crippen molar-refractivity contribution in [1.29, 1.82) is 5.26 Å². The third-order valence-corrected chi connectivity index (χ3v) is 5.38. The Kier molecular flexibility index (Phi) is 5.75. The van der Waals surface area contributed by atoms with Gasteiger partial charge in [0.15, 0.2) is 5.13 Å². The largest absolute Gasteiger partial charge is 0.382 e. The fourth-order valence-electron chi connectivity index (χ4n) is 2.69. The van der Waals surface area contributed by atoms with Crippen LogP contribution in [0.5, 0.6) is 0 Å². The number of carbonyl (C=O) groups excluding carboxylic acids is 2. The maximum absolute atomic E-state index is 13.9. The highest BCUT2D eigenvalue weighted by atomic mass is 32.1. The number of aromatic nitrogens is 1. The number of thiazole rings is 1. The molecule has 4 N–H and O–H groups in total. The summed E-state index contributed by atoms with van der Waals surface area (Å²) in [6.07, 6.45) is 0. The van der Waals surface area contributed by atoms with Crippen molar-refractivity contribution in [3.8, 4) is 6.07 Å². The molecule has 10 heteroatoms. The molecule has 0 saturated heterocycles. The number of amides is 1. The quantitative estimate of drug-likeness (QED) is 0.582. The van der Waals surface area contributed by atoms with Gasteiger partial charge in [0.05, 0.1) is 5.56 Å². The molecule has 2 aromatic carbocycles. The molecule has 3 rings (SSSR count). The van der Waals surface area contributed by atoms with E-state index in [9.17, 15) is 18.4 Å². The van der Waals surface area contributed by atoms with Gasteiger partial charge in [-0.2, -0.15) is 5.26 Å². The van der Waals surface area contributed by atoms with Crippen molar-refractivity contribution in [2.75, 3.05) is 10.6 Å². The smallest absolute Gasteiger partial charge is 0.240 e. The second-order valence-corrected chi connectivity index (χ2v) is 7.25. The van der Waals surface area contributed by atoms with E-state index in [0.717, 1.165) is 17.4 Å². The van der Waals surface area contributed by atoms with E-state index in [1.165, 1.54) is 48.2 Å². The average molecular weight is 427 g/mol. The molecule has 0 aliphatic carbocycles. The normalized spacial score (nSPS) is 11.5. The molecule has 1 atom stereocenters. The second kappa shape index (κ2) is 8.26. The molecule has 1 heterocycles. The minimum atomic E-state index is -0.878. The summed E-state index contributed by atoms with van der Waals surface area (Å²) in [4.78, 5) is 30.3. The SMILES string of the molecule is C[C@H](C(N)=O)N(c1ccc(F)cc1)c1nc(N)c(C(=O)c2ccc(C#N)c(F)c2)s1. The zero-order chi connectivity index (χ0) is 22.0. The number of halogens is 2. The van der Waals surface area contributed by atoms with Crippen molar-refractivity contribution >= 4 is 39.7 Å². The summed E-state index contributed by atoms with van der Waals surface area (Å²) < 4.78 is 27.2. The summed E-state index contributed by atoms with van der Waals surface area (Å²) in [6.45, 7) is 1.53. The molecule has 0 bridgehead atoms. The van der Waals surface area contributed by atoms with Crippen LogP contribution in [0.1, 0.15) is 27.7 Å². The molecule has 0 aliphatic rings. The number of benzene rings is 2. The van der Waals surface area contributed by atoms with Gasteiger partial charge in [0.2, 0.25) is 11.7 Å². The Morgan fingerprint density at radius 3 is 2.43 bits per heavy atom. The summed E-state index contributed by atoms with van der Waals surface area (Å²) in [5.41, 5.74) is 11.6. The summed E-state index contributed by atoms with van der Waals surface area (Å²) in [5, 5.41) is 9.01. The fraction of sp³-hybridized carbons (Fsp3) is 0.100. The number of nitriles is 1. The Morgan fingerprint density at radius 1 is 1.20 bits per heavy atom. The van der Waals surface area contributed by atoms with Crippen LogP contribution in [0.3, 0.4) is 0 Å². The van der Waals surface area contributed by atoms with Gasteiger partial charge < -0.3 is 16.4 Å². The van der Waals surface area contributed by atoms with Crippen LogP contribution >= 0.6 is 11.3 Å². The number of primary amides is 1.